The maximum absolute atomic E-state index is 12.1. The van der Waals surface area contributed by atoms with E-state index in [0.717, 1.165) is 5.69 Å². The van der Waals surface area contributed by atoms with Gasteiger partial charge in [0.15, 0.2) is 5.78 Å². The lowest BCUT2D eigenvalue weighted by molar-refractivity contribution is -0.130. The molecule has 0 aliphatic rings. The molecular weight excluding hydrogens is 230 g/mol. The molecule has 0 spiro atoms. The minimum absolute atomic E-state index is 0.0404. The van der Waals surface area contributed by atoms with Gasteiger partial charge in [-0.05, 0) is 0 Å². The Morgan fingerprint density at radius 3 is 2.39 bits per heavy atom. The fraction of sp³-hybridized carbons (Fsp3) is 0.615. The topological polar surface area (TPSA) is 74.8 Å². The minimum Gasteiger partial charge on any atom is -0.348 e. The molecule has 5 heteroatoms. The van der Waals surface area contributed by atoms with Crippen LogP contribution in [0.15, 0.2) is 12.5 Å². The van der Waals surface area contributed by atoms with Gasteiger partial charge in [0.05, 0.1) is 12.4 Å². The van der Waals surface area contributed by atoms with Gasteiger partial charge in [-0.1, -0.05) is 27.7 Å². The third-order valence-corrected chi connectivity index (χ3v) is 2.73. The lowest BCUT2D eigenvalue weighted by atomic mass is 9.97. The van der Waals surface area contributed by atoms with Crippen molar-refractivity contribution in [2.45, 2.75) is 40.2 Å². The predicted molar refractivity (Wildman–Crippen MR) is 68.9 cm³/mol. The zero-order chi connectivity index (χ0) is 13.7. The number of hydrogen-bond donors (Lipinski definition) is 2. The highest BCUT2D eigenvalue weighted by atomic mass is 16.2. The van der Waals surface area contributed by atoms with E-state index in [4.69, 9.17) is 0 Å². The first-order valence-corrected chi connectivity index (χ1v) is 6.23. The van der Waals surface area contributed by atoms with E-state index in [1.165, 1.54) is 0 Å². The highest BCUT2D eigenvalue weighted by Gasteiger charge is 2.24. The first-order valence-electron chi connectivity index (χ1n) is 6.23. The predicted octanol–water partition coefficient (Wildman–Crippen LogP) is 1.32. The van der Waals surface area contributed by atoms with Gasteiger partial charge >= 0.3 is 0 Å². The number of nitrogens with one attached hydrogen (secondary N) is 2. The molecule has 1 rings (SSSR count). The van der Waals surface area contributed by atoms with Crippen LogP contribution in [0.25, 0.3) is 0 Å². The van der Waals surface area contributed by atoms with Crippen molar-refractivity contribution >= 4 is 11.7 Å². The monoisotopic (exact) mass is 251 g/mol. The molecule has 100 valence electrons. The first-order chi connectivity index (χ1) is 8.41. The fourth-order valence-electron chi connectivity index (χ4n) is 1.58. The van der Waals surface area contributed by atoms with Gasteiger partial charge in [-0.3, -0.25) is 9.59 Å². The summed E-state index contributed by atoms with van der Waals surface area (Å²) in [5.74, 6) is -0.299. The van der Waals surface area contributed by atoms with Gasteiger partial charge in [-0.2, -0.15) is 0 Å². The summed E-state index contributed by atoms with van der Waals surface area (Å²) in [6.07, 6.45) is 3.69. The highest BCUT2D eigenvalue weighted by molar-refractivity contribution is 5.90. The van der Waals surface area contributed by atoms with Crippen molar-refractivity contribution in [1.29, 1.82) is 0 Å². The number of aromatic amines is 1. The maximum Gasteiger partial charge on any atom is 0.223 e. The zero-order valence-electron chi connectivity index (χ0n) is 11.4. The number of amides is 1. The van der Waals surface area contributed by atoms with Gasteiger partial charge in [-0.15, -0.1) is 0 Å². The number of carbonyl (C=O) groups excluding carboxylic acids is 2. The number of H-pyrrole nitrogens is 1. The van der Waals surface area contributed by atoms with Crippen LogP contribution in [0.2, 0.25) is 0 Å². The summed E-state index contributed by atoms with van der Waals surface area (Å²) in [5.41, 5.74) is 0.845. The molecule has 1 aromatic heterocycles. The van der Waals surface area contributed by atoms with Crippen molar-refractivity contribution in [2.24, 2.45) is 11.8 Å². The summed E-state index contributed by atoms with van der Waals surface area (Å²) in [6, 6.07) is -0.486. The Hall–Kier alpha value is -1.65. The standard InChI is InChI=1S/C13H21N3O2/c1-8(2)12(17)11(16-13(18)9(3)4)5-10-6-14-7-15-10/h6-9,11H,5H2,1-4H3,(H,14,15)(H,16,18). The molecule has 0 aliphatic carbocycles. The number of rotatable bonds is 6. The molecule has 0 aliphatic heterocycles. The molecule has 2 N–H and O–H groups in total. The van der Waals surface area contributed by atoms with Gasteiger partial charge < -0.3 is 10.3 Å². The van der Waals surface area contributed by atoms with Crippen molar-refractivity contribution in [3.63, 3.8) is 0 Å². The molecule has 1 unspecified atom stereocenters. The minimum atomic E-state index is -0.486. The third kappa shape index (κ3) is 3.98. The van der Waals surface area contributed by atoms with Crippen LogP contribution in [0.5, 0.6) is 0 Å². The van der Waals surface area contributed by atoms with Crippen molar-refractivity contribution in [1.82, 2.24) is 15.3 Å². The molecule has 0 fully saturated rings. The van der Waals surface area contributed by atoms with Crippen molar-refractivity contribution in [3.05, 3.63) is 18.2 Å². The zero-order valence-corrected chi connectivity index (χ0v) is 11.4. The van der Waals surface area contributed by atoms with E-state index < -0.39 is 6.04 Å². The lowest BCUT2D eigenvalue weighted by Gasteiger charge is -2.20. The van der Waals surface area contributed by atoms with Gasteiger partial charge in [0.25, 0.3) is 0 Å². The summed E-state index contributed by atoms with van der Waals surface area (Å²) in [4.78, 5) is 30.7. The van der Waals surface area contributed by atoms with Crippen molar-refractivity contribution in [2.75, 3.05) is 0 Å². The van der Waals surface area contributed by atoms with Crippen LogP contribution in [0.4, 0.5) is 0 Å². The van der Waals surface area contributed by atoms with Crippen LogP contribution < -0.4 is 5.32 Å². The van der Waals surface area contributed by atoms with E-state index in [1.807, 2.05) is 27.7 Å². The Morgan fingerprint density at radius 1 is 1.28 bits per heavy atom. The summed E-state index contributed by atoms with van der Waals surface area (Å²) in [6.45, 7) is 7.29. The summed E-state index contributed by atoms with van der Waals surface area (Å²) in [5, 5.41) is 2.80. The first kappa shape index (κ1) is 14.4. The Kier molecular flexibility index (Phi) is 5.07. The molecule has 1 heterocycles. The number of carbonyl (C=O) groups is 2. The molecule has 1 aromatic rings. The molecular formula is C13H21N3O2. The van der Waals surface area contributed by atoms with E-state index in [1.54, 1.807) is 12.5 Å². The second-order valence-electron chi connectivity index (χ2n) is 5.05. The molecule has 1 atom stereocenters. The van der Waals surface area contributed by atoms with E-state index in [-0.39, 0.29) is 23.5 Å². The van der Waals surface area contributed by atoms with Crippen LogP contribution in [0, 0.1) is 11.8 Å². The number of nitrogens with zero attached hydrogens (tertiary/aromatic N) is 1. The summed E-state index contributed by atoms with van der Waals surface area (Å²) in [7, 11) is 0. The quantitative estimate of drug-likeness (QED) is 0.800. The van der Waals surface area contributed by atoms with Crippen molar-refractivity contribution < 1.29 is 9.59 Å². The smallest absolute Gasteiger partial charge is 0.223 e. The lowest BCUT2D eigenvalue weighted by Crippen LogP contribution is -2.45. The van der Waals surface area contributed by atoms with Gasteiger partial charge in [0.1, 0.15) is 0 Å². The average Bonchev–Trinajstić information content (AvgIpc) is 2.79. The molecule has 5 nitrogen and oxygen atoms in total. The van der Waals surface area contributed by atoms with Crippen LogP contribution in [-0.4, -0.2) is 27.7 Å². The number of ketones is 1. The number of aromatic nitrogens is 2. The van der Waals surface area contributed by atoms with Crippen molar-refractivity contribution in [3.8, 4) is 0 Å². The maximum atomic E-state index is 12.1. The SMILES string of the molecule is CC(C)C(=O)NC(Cc1cnc[nH]1)C(=O)C(C)C. The Balaban J connectivity index is 2.75. The second-order valence-corrected chi connectivity index (χ2v) is 5.05. The largest absolute Gasteiger partial charge is 0.348 e. The van der Waals surface area contributed by atoms with Gasteiger partial charge in [0.2, 0.25) is 5.91 Å². The summed E-state index contributed by atoms with van der Waals surface area (Å²) >= 11 is 0. The Morgan fingerprint density at radius 2 is 1.94 bits per heavy atom. The molecule has 0 bridgehead atoms. The Labute approximate surface area is 107 Å². The normalized spacial score (nSPS) is 12.8. The van der Waals surface area contributed by atoms with Crippen LogP contribution in [0.1, 0.15) is 33.4 Å². The average molecular weight is 251 g/mol. The number of imidazole rings is 1. The molecule has 0 saturated carbocycles. The van der Waals surface area contributed by atoms with E-state index in [0.29, 0.717) is 6.42 Å². The molecule has 0 aromatic carbocycles. The van der Waals surface area contributed by atoms with Crippen LogP contribution >= 0.6 is 0 Å². The third-order valence-electron chi connectivity index (χ3n) is 2.73. The van der Waals surface area contributed by atoms with Gasteiger partial charge in [-0.25, -0.2) is 4.98 Å². The van der Waals surface area contributed by atoms with Crippen LogP contribution in [-0.2, 0) is 16.0 Å². The van der Waals surface area contributed by atoms with E-state index in [2.05, 4.69) is 15.3 Å². The molecule has 1 amide bonds. The second kappa shape index (κ2) is 6.33. The molecule has 0 radical (unpaired) electrons. The fourth-order valence-corrected chi connectivity index (χ4v) is 1.58. The van der Waals surface area contributed by atoms with Gasteiger partial charge in [0, 0.05) is 30.1 Å². The highest BCUT2D eigenvalue weighted by Crippen LogP contribution is 2.07. The van der Waals surface area contributed by atoms with E-state index >= 15 is 0 Å². The van der Waals surface area contributed by atoms with E-state index in [9.17, 15) is 9.59 Å². The van der Waals surface area contributed by atoms with Crippen LogP contribution in [0.3, 0.4) is 0 Å². The molecule has 18 heavy (non-hydrogen) atoms. The number of Topliss-reactive ketones (excluding diaryl/α,β-unsaturated/α-hetero) is 1. The summed E-state index contributed by atoms with van der Waals surface area (Å²) < 4.78 is 0. The number of hydrogen-bond acceptors (Lipinski definition) is 3. The Bertz CT molecular complexity index is 396. The molecule has 0 saturated heterocycles.